The van der Waals surface area contributed by atoms with Gasteiger partial charge < -0.3 is 20.5 Å². The Labute approximate surface area is 152 Å². The molecule has 1 aromatic heterocycles. The van der Waals surface area contributed by atoms with E-state index < -0.39 is 21.8 Å². The number of aromatic nitrogens is 1. The minimum absolute atomic E-state index is 0.00498. The molecule has 1 atom stereocenters. The van der Waals surface area contributed by atoms with Crippen LogP contribution >= 0.6 is 34.8 Å². The van der Waals surface area contributed by atoms with E-state index in [0.29, 0.717) is 11.3 Å². The summed E-state index contributed by atoms with van der Waals surface area (Å²) in [6.07, 6.45) is 1.84. The van der Waals surface area contributed by atoms with Gasteiger partial charge in [0.1, 0.15) is 6.17 Å². The van der Waals surface area contributed by atoms with Gasteiger partial charge in [-0.05, 0) is 29.8 Å². The standard InChI is InChI=1S/C15H12Cl3N3O3/c16-15(17,18)14(21-12(22)10-2-1-7-19-8-10)20-11-5-3-9(4-6-11)13(23)24/h1-8,14,20H,(H,21,22)(H,23,24)/p-1/t14-/m0/s1. The Bertz CT molecular complexity index is 718. The van der Waals surface area contributed by atoms with Gasteiger partial charge in [0.15, 0.2) is 0 Å². The molecule has 2 N–H and O–H groups in total. The Morgan fingerprint density at radius 1 is 1.08 bits per heavy atom. The van der Waals surface area contributed by atoms with E-state index in [1.807, 2.05) is 0 Å². The van der Waals surface area contributed by atoms with E-state index in [2.05, 4.69) is 15.6 Å². The summed E-state index contributed by atoms with van der Waals surface area (Å²) >= 11 is 17.7. The van der Waals surface area contributed by atoms with Gasteiger partial charge >= 0.3 is 0 Å². The zero-order chi connectivity index (χ0) is 17.7. The fourth-order valence-electron chi connectivity index (χ4n) is 1.78. The van der Waals surface area contributed by atoms with Crippen LogP contribution in [-0.2, 0) is 0 Å². The number of hydrogen-bond donors (Lipinski definition) is 2. The summed E-state index contributed by atoms with van der Waals surface area (Å²) in [5, 5.41) is 16.1. The van der Waals surface area contributed by atoms with Crippen molar-refractivity contribution in [2.24, 2.45) is 0 Å². The first-order chi connectivity index (χ1) is 11.3. The summed E-state index contributed by atoms with van der Waals surface area (Å²) in [6.45, 7) is 0. The molecule has 2 aromatic rings. The molecule has 0 aliphatic heterocycles. The highest BCUT2D eigenvalue weighted by Crippen LogP contribution is 2.31. The second-order valence-electron chi connectivity index (χ2n) is 4.70. The summed E-state index contributed by atoms with van der Waals surface area (Å²) in [6, 6.07) is 8.75. The molecule has 0 unspecified atom stereocenters. The number of amides is 1. The molecule has 0 saturated carbocycles. The minimum atomic E-state index is -1.86. The average molecular weight is 388 g/mol. The molecule has 0 aliphatic rings. The first-order valence-corrected chi connectivity index (χ1v) is 7.76. The van der Waals surface area contributed by atoms with Gasteiger partial charge in [-0.3, -0.25) is 9.78 Å². The molecule has 1 aromatic carbocycles. The van der Waals surface area contributed by atoms with Crippen LogP contribution in [0, 0.1) is 0 Å². The number of carbonyl (C=O) groups excluding carboxylic acids is 2. The molecule has 1 amide bonds. The zero-order valence-corrected chi connectivity index (χ0v) is 14.3. The van der Waals surface area contributed by atoms with E-state index in [-0.39, 0.29) is 5.56 Å². The normalized spacial score (nSPS) is 12.3. The first-order valence-electron chi connectivity index (χ1n) is 6.63. The SMILES string of the molecule is O=C([O-])c1ccc(N[C@@H](NC(=O)c2cccnc2)C(Cl)(Cl)Cl)cc1. The van der Waals surface area contributed by atoms with Gasteiger partial charge in [-0.2, -0.15) is 0 Å². The van der Waals surface area contributed by atoms with Crippen molar-refractivity contribution in [3.63, 3.8) is 0 Å². The zero-order valence-electron chi connectivity index (χ0n) is 12.0. The summed E-state index contributed by atoms with van der Waals surface area (Å²) in [5.74, 6) is -1.79. The van der Waals surface area contributed by atoms with Gasteiger partial charge in [0.05, 0.1) is 11.5 Å². The molecular weight excluding hydrogens is 377 g/mol. The molecule has 24 heavy (non-hydrogen) atoms. The minimum Gasteiger partial charge on any atom is -0.545 e. The highest BCUT2D eigenvalue weighted by molar-refractivity contribution is 6.68. The van der Waals surface area contributed by atoms with Gasteiger partial charge in [0.2, 0.25) is 3.79 Å². The van der Waals surface area contributed by atoms with Crippen LogP contribution in [0.3, 0.4) is 0 Å². The number of carboxylic acid groups (broad SMARTS) is 1. The predicted octanol–water partition coefficient (Wildman–Crippen LogP) is 1.98. The van der Waals surface area contributed by atoms with Crippen molar-refractivity contribution in [2.75, 3.05) is 5.32 Å². The largest absolute Gasteiger partial charge is 0.545 e. The van der Waals surface area contributed by atoms with Gasteiger partial charge in [-0.25, -0.2) is 0 Å². The lowest BCUT2D eigenvalue weighted by molar-refractivity contribution is -0.255. The Hall–Kier alpha value is -2.02. The van der Waals surface area contributed by atoms with Crippen LogP contribution < -0.4 is 15.7 Å². The van der Waals surface area contributed by atoms with Crippen molar-refractivity contribution in [1.82, 2.24) is 10.3 Å². The van der Waals surface area contributed by atoms with Crippen LogP contribution in [-0.4, -0.2) is 26.8 Å². The number of benzene rings is 1. The third-order valence-corrected chi connectivity index (χ3v) is 3.61. The van der Waals surface area contributed by atoms with Crippen LogP contribution in [0.15, 0.2) is 48.8 Å². The first kappa shape index (κ1) is 18.3. The number of pyridine rings is 1. The van der Waals surface area contributed by atoms with Crippen molar-refractivity contribution in [1.29, 1.82) is 0 Å². The van der Waals surface area contributed by atoms with Crippen LogP contribution in [0.2, 0.25) is 0 Å². The maximum atomic E-state index is 12.2. The number of carbonyl (C=O) groups is 2. The molecular formula is C15H11Cl3N3O3-. The Morgan fingerprint density at radius 2 is 1.75 bits per heavy atom. The summed E-state index contributed by atoms with van der Waals surface area (Å²) in [5.41, 5.74) is 0.749. The third-order valence-electron chi connectivity index (χ3n) is 2.96. The number of carboxylic acids is 1. The molecule has 9 heteroatoms. The third kappa shape index (κ3) is 4.99. The number of nitrogens with zero attached hydrogens (tertiary/aromatic N) is 1. The number of halogens is 3. The summed E-state index contributed by atoms with van der Waals surface area (Å²) in [4.78, 5) is 26.8. The maximum Gasteiger partial charge on any atom is 0.254 e. The van der Waals surface area contributed by atoms with Crippen molar-refractivity contribution in [3.8, 4) is 0 Å². The fourth-order valence-corrected chi connectivity index (χ4v) is 2.11. The second kappa shape index (κ2) is 7.70. The predicted molar refractivity (Wildman–Crippen MR) is 90.2 cm³/mol. The fraction of sp³-hybridized carbons (Fsp3) is 0.133. The van der Waals surface area contributed by atoms with E-state index in [0.717, 1.165) is 0 Å². The average Bonchev–Trinajstić information content (AvgIpc) is 2.54. The lowest BCUT2D eigenvalue weighted by atomic mass is 10.2. The molecule has 0 fully saturated rings. The number of aromatic carboxylic acids is 1. The number of nitrogens with one attached hydrogen (secondary N) is 2. The highest BCUT2D eigenvalue weighted by Gasteiger charge is 2.34. The number of alkyl halides is 3. The lowest BCUT2D eigenvalue weighted by Crippen LogP contribution is -2.49. The second-order valence-corrected chi connectivity index (χ2v) is 7.07. The Kier molecular flexibility index (Phi) is 5.88. The molecule has 1 heterocycles. The monoisotopic (exact) mass is 386 g/mol. The van der Waals surface area contributed by atoms with Crippen molar-refractivity contribution in [3.05, 3.63) is 59.9 Å². The van der Waals surface area contributed by atoms with E-state index in [1.165, 1.54) is 36.7 Å². The molecule has 0 aliphatic carbocycles. The molecule has 6 nitrogen and oxygen atoms in total. The number of anilines is 1. The molecule has 0 bridgehead atoms. The number of hydrogen-bond acceptors (Lipinski definition) is 5. The van der Waals surface area contributed by atoms with E-state index in [9.17, 15) is 14.7 Å². The molecule has 2 rings (SSSR count). The van der Waals surface area contributed by atoms with Gasteiger partial charge in [-0.15, -0.1) is 0 Å². The van der Waals surface area contributed by atoms with Crippen molar-refractivity contribution in [2.45, 2.75) is 9.96 Å². The summed E-state index contributed by atoms with van der Waals surface area (Å²) < 4.78 is -1.86. The molecule has 126 valence electrons. The smallest absolute Gasteiger partial charge is 0.254 e. The van der Waals surface area contributed by atoms with Crippen LogP contribution in [0.25, 0.3) is 0 Å². The molecule has 0 saturated heterocycles. The van der Waals surface area contributed by atoms with Gasteiger partial charge in [-0.1, -0.05) is 46.9 Å². The Balaban J connectivity index is 2.14. The van der Waals surface area contributed by atoms with E-state index in [4.69, 9.17) is 34.8 Å². The van der Waals surface area contributed by atoms with Gasteiger partial charge in [0, 0.05) is 18.1 Å². The van der Waals surface area contributed by atoms with Gasteiger partial charge in [0.25, 0.3) is 5.91 Å². The number of rotatable bonds is 5. The Morgan fingerprint density at radius 3 is 2.25 bits per heavy atom. The summed E-state index contributed by atoms with van der Waals surface area (Å²) in [7, 11) is 0. The van der Waals surface area contributed by atoms with Crippen LogP contribution in [0.5, 0.6) is 0 Å². The van der Waals surface area contributed by atoms with Crippen LogP contribution in [0.1, 0.15) is 20.7 Å². The van der Waals surface area contributed by atoms with E-state index in [1.54, 1.807) is 12.1 Å². The van der Waals surface area contributed by atoms with Crippen molar-refractivity contribution >= 4 is 52.4 Å². The van der Waals surface area contributed by atoms with E-state index >= 15 is 0 Å². The van der Waals surface area contributed by atoms with Crippen molar-refractivity contribution < 1.29 is 14.7 Å². The molecule has 0 radical (unpaired) electrons. The highest BCUT2D eigenvalue weighted by atomic mass is 35.6. The van der Waals surface area contributed by atoms with Crippen LogP contribution in [0.4, 0.5) is 5.69 Å². The lowest BCUT2D eigenvalue weighted by Gasteiger charge is -2.27. The molecule has 0 spiro atoms. The quantitative estimate of drug-likeness (QED) is 0.604. The maximum absolute atomic E-state index is 12.2. The topological polar surface area (TPSA) is 94.1 Å².